The number of esters is 1. The van der Waals surface area contributed by atoms with Crippen molar-refractivity contribution in [2.75, 3.05) is 17.7 Å². The summed E-state index contributed by atoms with van der Waals surface area (Å²) >= 11 is 2.72. The largest absolute Gasteiger partial charge is 0.462 e. The number of carbonyl (C=O) groups excluding carboxylic acids is 2. The van der Waals surface area contributed by atoms with Crippen molar-refractivity contribution in [2.24, 2.45) is 7.05 Å². The zero-order chi connectivity index (χ0) is 18.6. The molecule has 0 aromatic carbocycles. The van der Waals surface area contributed by atoms with E-state index in [2.05, 4.69) is 15.5 Å². The van der Waals surface area contributed by atoms with Crippen molar-refractivity contribution in [2.45, 2.75) is 39.3 Å². The fourth-order valence-corrected chi connectivity index (χ4v) is 4.15. The molecule has 2 aromatic heterocycles. The van der Waals surface area contributed by atoms with Crippen LogP contribution in [0.3, 0.4) is 0 Å². The summed E-state index contributed by atoms with van der Waals surface area (Å²) in [5, 5.41) is 12.1. The normalized spacial score (nSPS) is 10.8. The molecular formula is C16H22N4O3S2. The van der Waals surface area contributed by atoms with E-state index < -0.39 is 5.97 Å². The van der Waals surface area contributed by atoms with Gasteiger partial charge in [-0.05, 0) is 32.8 Å². The molecular weight excluding hydrogens is 360 g/mol. The minimum Gasteiger partial charge on any atom is -0.462 e. The maximum absolute atomic E-state index is 12.3. The van der Waals surface area contributed by atoms with Crippen LogP contribution in [-0.2, 0) is 23.0 Å². The molecule has 0 saturated carbocycles. The molecule has 0 bridgehead atoms. The van der Waals surface area contributed by atoms with Gasteiger partial charge in [0.25, 0.3) is 0 Å². The molecule has 2 heterocycles. The van der Waals surface area contributed by atoms with Gasteiger partial charge in [0.1, 0.15) is 10.8 Å². The number of hydrogen-bond donors (Lipinski definition) is 1. The van der Waals surface area contributed by atoms with Crippen LogP contribution in [0.15, 0.2) is 5.16 Å². The summed E-state index contributed by atoms with van der Waals surface area (Å²) in [5.74, 6) is 0.379. The third kappa shape index (κ3) is 4.40. The van der Waals surface area contributed by atoms with Gasteiger partial charge in [-0.15, -0.1) is 21.5 Å². The number of thioether (sulfide) groups is 1. The third-order valence-electron chi connectivity index (χ3n) is 3.68. The van der Waals surface area contributed by atoms with E-state index in [1.54, 1.807) is 6.92 Å². The molecule has 0 atom stereocenters. The Balaban J connectivity index is 2.11. The van der Waals surface area contributed by atoms with Crippen molar-refractivity contribution >= 4 is 40.0 Å². The van der Waals surface area contributed by atoms with Crippen LogP contribution >= 0.6 is 23.1 Å². The zero-order valence-electron chi connectivity index (χ0n) is 15.0. The molecule has 7 nitrogen and oxygen atoms in total. The van der Waals surface area contributed by atoms with E-state index in [0.717, 1.165) is 22.7 Å². The highest BCUT2D eigenvalue weighted by Gasteiger charge is 2.23. The number of carbonyl (C=O) groups is 2. The van der Waals surface area contributed by atoms with Crippen LogP contribution < -0.4 is 5.32 Å². The van der Waals surface area contributed by atoms with Crippen molar-refractivity contribution < 1.29 is 14.3 Å². The molecule has 0 radical (unpaired) electrons. The number of ether oxygens (including phenoxy) is 1. The first-order valence-electron chi connectivity index (χ1n) is 7.97. The molecule has 0 aliphatic heterocycles. The molecule has 0 aliphatic rings. The predicted octanol–water partition coefficient (Wildman–Crippen LogP) is 2.96. The number of aryl methyl sites for hydroxylation is 2. The molecule has 0 aliphatic carbocycles. The quantitative estimate of drug-likeness (QED) is 0.585. The first-order chi connectivity index (χ1) is 11.9. The van der Waals surface area contributed by atoms with E-state index in [4.69, 9.17) is 4.74 Å². The summed E-state index contributed by atoms with van der Waals surface area (Å²) < 4.78 is 6.95. The lowest BCUT2D eigenvalue weighted by molar-refractivity contribution is -0.113. The molecule has 136 valence electrons. The molecule has 25 heavy (non-hydrogen) atoms. The topological polar surface area (TPSA) is 86.1 Å². The number of rotatable bonds is 7. The predicted molar refractivity (Wildman–Crippen MR) is 99.5 cm³/mol. The second-order valence-corrected chi connectivity index (χ2v) is 7.40. The molecule has 9 heteroatoms. The average molecular weight is 383 g/mol. The standard InChI is InChI=1S/C16H22N4O3S2/c1-6-11-9(3)13(15(22)23-7-2)14(25-11)17-12(21)8-24-16-19-18-10(4)20(16)5/h6-8H2,1-5H3,(H,17,21). The first kappa shape index (κ1) is 19.5. The Morgan fingerprint density at radius 3 is 2.56 bits per heavy atom. The summed E-state index contributed by atoms with van der Waals surface area (Å²) in [7, 11) is 1.85. The van der Waals surface area contributed by atoms with Gasteiger partial charge in [-0.2, -0.15) is 0 Å². The van der Waals surface area contributed by atoms with Crippen LogP contribution in [0.5, 0.6) is 0 Å². The number of anilines is 1. The van der Waals surface area contributed by atoms with Gasteiger partial charge < -0.3 is 14.6 Å². The Hall–Kier alpha value is -1.87. The van der Waals surface area contributed by atoms with Crippen molar-refractivity contribution in [1.82, 2.24) is 14.8 Å². The van der Waals surface area contributed by atoms with Crippen LogP contribution in [0.1, 0.15) is 40.5 Å². The molecule has 2 aromatic rings. The average Bonchev–Trinajstić information content (AvgIpc) is 3.06. The van der Waals surface area contributed by atoms with E-state index in [1.165, 1.54) is 23.1 Å². The van der Waals surface area contributed by atoms with E-state index in [9.17, 15) is 9.59 Å². The minimum absolute atomic E-state index is 0.187. The maximum Gasteiger partial charge on any atom is 0.341 e. The highest BCUT2D eigenvalue weighted by Crippen LogP contribution is 2.34. The van der Waals surface area contributed by atoms with Crippen molar-refractivity contribution in [3.05, 3.63) is 21.8 Å². The molecule has 1 amide bonds. The number of hydrogen-bond acceptors (Lipinski definition) is 7. The van der Waals surface area contributed by atoms with E-state index >= 15 is 0 Å². The van der Waals surface area contributed by atoms with Gasteiger partial charge in [-0.3, -0.25) is 4.79 Å². The Labute approximate surface area is 155 Å². The molecule has 0 spiro atoms. The monoisotopic (exact) mass is 382 g/mol. The lowest BCUT2D eigenvalue weighted by Gasteiger charge is -2.07. The van der Waals surface area contributed by atoms with Gasteiger partial charge >= 0.3 is 5.97 Å². The Morgan fingerprint density at radius 2 is 2.00 bits per heavy atom. The minimum atomic E-state index is -0.400. The number of amides is 1. The first-order valence-corrected chi connectivity index (χ1v) is 9.77. The maximum atomic E-state index is 12.3. The van der Waals surface area contributed by atoms with Gasteiger partial charge in [0.05, 0.1) is 17.9 Å². The zero-order valence-corrected chi connectivity index (χ0v) is 16.6. The summed E-state index contributed by atoms with van der Waals surface area (Å²) in [6.07, 6.45) is 0.797. The number of nitrogens with zero attached hydrogens (tertiary/aromatic N) is 3. The van der Waals surface area contributed by atoms with Crippen LogP contribution in [0.2, 0.25) is 0 Å². The Bertz CT molecular complexity index is 783. The van der Waals surface area contributed by atoms with Crippen LogP contribution in [0.4, 0.5) is 5.00 Å². The molecule has 2 rings (SSSR count). The highest BCUT2D eigenvalue weighted by molar-refractivity contribution is 7.99. The number of aromatic nitrogens is 3. The van der Waals surface area contributed by atoms with E-state index in [-0.39, 0.29) is 11.7 Å². The lowest BCUT2D eigenvalue weighted by atomic mass is 10.1. The number of nitrogens with one attached hydrogen (secondary N) is 1. The second-order valence-electron chi connectivity index (χ2n) is 5.35. The highest BCUT2D eigenvalue weighted by atomic mass is 32.2. The third-order valence-corrected chi connectivity index (χ3v) is 6.06. The van der Waals surface area contributed by atoms with Gasteiger partial charge in [0, 0.05) is 11.9 Å². The Morgan fingerprint density at radius 1 is 1.28 bits per heavy atom. The van der Waals surface area contributed by atoms with Crippen LogP contribution in [-0.4, -0.2) is 39.0 Å². The SMILES string of the molecule is CCOC(=O)c1c(NC(=O)CSc2nnc(C)n2C)sc(CC)c1C. The fourth-order valence-electron chi connectivity index (χ4n) is 2.24. The van der Waals surface area contributed by atoms with Crippen molar-refractivity contribution in [3.63, 3.8) is 0 Å². The van der Waals surface area contributed by atoms with Crippen molar-refractivity contribution in [3.8, 4) is 0 Å². The summed E-state index contributed by atoms with van der Waals surface area (Å²) in [5.41, 5.74) is 1.33. The molecule has 1 N–H and O–H groups in total. The van der Waals surface area contributed by atoms with Crippen LogP contribution in [0, 0.1) is 13.8 Å². The second kappa shape index (κ2) is 8.48. The summed E-state index contributed by atoms with van der Waals surface area (Å²) in [4.78, 5) is 25.6. The molecule has 0 unspecified atom stereocenters. The molecule has 0 saturated heterocycles. The Kier molecular flexibility index (Phi) is 6.60. The molecule has 0 fully saturated rings. The number of thiophene rings is 1. The van der Waals surface area contributed by atoms with Gasteiger partial charge in [0.15, 0.2) is 5.16 Å². The lowest BCUT2D eigenvalue weighted by Crippen LogP contribution is -2.16. The van der Waals surface area contributed by atoms with Crippen molar-refractivity contribution in [1.29, 1.82) is 0 Å². The summed E-state index contributed by atoms with van der Waals surface area (Å²) in [6, 6.07) is 0. The van der Waals surface area contributed by atoms with Gasteiger partial charge in [-0.1, -0.05) is 18.7 Å². The summed E-state index contributed by atoms with van der Waals surface area (Å²) in [6.45, 7) is 7.81. The van der Waals surface area contributed by atoms with Crippen LogP contribution in [0.25, 0.3) is 0 Å². The smallest absolute Gasteiger partial charge is 0.341 e. The van der Waals surface area contributed by atoms with E-state index in [0.29, 0.717) is 22.3 Å². The van der Waals surface area contributed by atoms with Gasteiger partial charge in [0.2, 0.25) is 5.91 Å². The fraction of sp³-hybridized carbons (Fsp3) is 0.500. The van der Waals surface area contributed by atoms with Gasteiger partial charge in [-0.25, -0.2) is 4.79 Å². The van der Waals surface area contributed by atoms with E-state index in [1.807, 2.05) is 32.4 Å².